The van der Waals surface area contributed by atoms with E-state index in [1.807, 2.05) is 24.3 Å². The molecule has 2 N–H and O–H groups in total. The molecule has 1 heterocycles. The van der Waals surface area contributed by atoms with Crippen molar-refractivity contribution in [3.8, 4) is 0 Å². The maximum absolute atomic E-state index is 10.2. The molecule has 0 saturated heterocycles. The monoisotopic (exact) mass is 323 g/mol. The van der Waals surface area contributed by atoms with E-state index in [0.717, 1.165) is 22.9 Å². The molecule has 2 nitrogen and oxygen atoms in total. The van der Waals surface area contributed by atoms with Crippen LogP contribution in [0.4, 0.5) is 0 Å². The summed E-state index contributed by atoms with van der Waals surface area (Å²) in [4.78, 5) is 1.18. The van der Waals surface area contributed by atoms with Crippen molar-refractivity contribution in [2.45, 2.75) is 32.9 Å². The van der Waals surface area contributed by atoms with Crippen LogP contribution >= 0.6 is 22.9 Å². The third-order valence-electron chi connectivity index (χ3n) is 3.27. The molecular formula is C17H22ClNOS. The average molecular weight is 324 g/mol. The lowest BCUT2D eigenvalue weighted by atomic mass is 10.0. The quantitative estimate of drug-likeness (QED) is 0.790. The second kappa shape index (κ2) is 7.95. The molecule has 1 unspecified atom stereocenters. The molecule has 0 bridgehead atoms. The van der Waals surface area contributed by atoms with Gasteiger partial charge in [0, 0.05) is 18.0 Å². The zero-order valence-corrected chi connectivity index (χ0v) is 14.0. The largest absolute Gasteiger partial charge is 0.387 e. The van der Waals surface area contributed by atoms with Crippen molar-refractivity contribution in [1.82, 2.24) is 5.32 Å². The van der Waals surface area contributed by atoms with Crippen molar-refractivity contribution in [2.24, 2.45) is 5.92 Å². The summed E-state index contributed by atoms with van der Waals surface area (Å²) in [5.41, 5.74) is 2.28. The molecule has 2 rings (SSSR count). The summed E-state index contributed by atoms with van der Waals surface area (Å²) in [7, 11) is 0. The third kappa shape index (κ3) is 5.44. The van der Waals surface area contributed by atoms with Crippen molar-refractivity contribution in [2.75, 3.05) is 6.54 Å². The number of aliphatic hydroxyl groups is 1. The molecule has 0 amide bonds. The Morgan fingerprint density at radius 3 is 2.43 bits per heavy atom. The SMILES string of the molecule is CC(C)Cc1ccc(C(O)CNCc2ccc(Cl)s2)cc1. The normalized spacial score (nSPS) is 12.8. The van der Waals surface area contributed by atoms with Gasteiger partial charge in [-0.3, -0.25) is 0 Å². The molecular weight excluding hydrogens is 302 g/mol. The van der Waals surface area contributed by atoms with Crippen LogP contribution in [0.1, 0.15) is 36.0 Å². The van der Waals surface area contributed by atoms with Crippen LogP contribution in [0.5, 0.6) is 0 Å². The first-order chi connectivity index (χ1) is 10.0. The number of aliphatic hydroxyl groups excluding tert-OH is 1. The predicted molar refractivity (Wildman–Crippen MR) is 91.0 cm³/mol. The number of nitrogens with one attached hydrogen (secondary N) is 1. The summed E-state index contributed by atoms with van der Waals surface area (Å²) in [5.74, 6) is 0.653. The van der Waals surface area contributed by atoms with E-state index >= 15 is 0 Å². The molecule has 1 aromatic heterocycles. The molecule has 4 heteroatoms. The van der Waals surface area contributed by atoms with E-state index in [4.69, 9.17) is 11.6 Å². The van der Waals surface area contributed by atoms with Crippen molar-refractivity contribution in [3.63, 3.8) is 0 Å². The standard InChI is InChI=1S/C17H22ClNOS/c1-12(2)9-13-3-5-14(6-4-13)16(20)11-19-10-15-7-8-17(18)21-15/h3-8,12,16,19-20H,9-11H2,1-2H3. The van der Waals surface area contributed by atoms with Gasteiger partial charge in [-0.05, 0) is 35.6 Å². The van der Waals surface area contributed by atoms with E-state index in [0.29, 0.717) is 12.5 Å². The summed E-state index contributed by atoms with van der Waals surface area (Å²) >= 11 is 7.45. The van der Waals surface area contributed by atoms with E-state index in [2.05, 4.69) is 31.3 Å². The van der Waals surface area contributed by atoms with Crippen LogP contribution in [0.15, 0.2) is 36.4 Å². The topological polar surface area (TPSA) is 32.3 Å². The molecule has 0 aliphatic heterocycles. The number of rotatable bonds is 7. The van der Waals surface area contributed by atoms with Crippen LogP contribution in [-0.2, 0) is 13.0 Å². The Balaban J connectivity index is 1.81. The first kappa shape index (κ1) is 16.5. The van der Waals surface area contributed by atoms with Crippen LogP contribution in [0, 0.1) is 5.92 Å². The van der Waals surface area contributed by atoms with Gasteiger partial charge in [0.2, 0.25) is 0 Å². The van der Waals surface area contributed by atoms with E-state index in [1.165, 1.54) is 10.4 Å². The van der Waals surface area contributed by atoms with E-state index in [1.54, 1.807) is 11.3 Å². The van der Waals surface area contributed by atoms with Crippen LogP contribution in [0.3, 0.4) is 0 Å². The third-order valence-corrected chi connectivity index (χ3v) is 4.51. The first-order valence-electron chi connectivity index (χ1n) is 7.26. The fraction of sp³-hybridized carbons (Fsp3) is 0.412. The highest BCUT2D eigenvalue weighted by Gasteiger charge is 2.08. The summed E-state index contributed by atoms with van der Waals surface area (Å²) in [6, 6.07) is 12.2. The number of halogens is 1. The molecule has 0 aliphatic rings. The Kier molecular flexibility index (Phi) is 6.24. The fourth-order valence-electron chi connectivity index (χ4n) is 2.24. The van der Waals surface area contributed by atoms with Crippen molar-refractivity contribution in [3.05, 3.63) is 56.7 Å². The summed E-state index contributed by atoms with van der Waals surface area (Å²) in [6.45, 7) is 5.70. The van der Waals surface area contributed by atoms with Gasteiger partial charge in [0.25, 0.3) is 0 Å². The Labute approximate surface area is 135 Å². The highest BCUT2D eigenvalue weighted by atomic mass is 35.5. The molecule has 0 spiro atoms. The van der Waals surface area contributed by atoms with Crippen LogP contribution in [-0.4, -0.2) is 11.7 Å². The van der Waals surface area contributed by atoms with Gasteiger partial charge in [-0.15, -0.1) is 11.3 Å². The fourth-order valence-corrected chi connectivity index (χ4v) is 3.30. The van der Waals surface area contributed by atoms with Crippen LogP contribution in [0.2, 0.25) is 4.34 Å². The Morgan fingerprint density at radius 1 is 1.14 bits per heavy atom. The maximum Gasteiger partial charge on any atom is 0.0931 e. The highest BCUT2D eigenvalue weighted by molar-refractivity contribution is 7.16. The Morgan fingerprint density at radius 2 is 1.86 bits per heavy atom. The van der Waals surface area contributed by atoms with Gasteiger partial charge >= 0.3 is 0 Å². The average Bonchev–Trinajstić information content (AvgIpc) is 2.84. The molecule has 2 aromatic rings. The van der Waals surface area contributed by atoms with E-state index in [9.17, 15) is 5.11 Å². The molecule has 0 saturated carbocycles. The minimum atomic E-state index is -0.478. The van der Waals surface area contributed by atoms with Gasteiger partial charge in [-0.1, -0.05) is 49.7 Å². The molecule has 21 heavy (non-hydrogen) atoms. The van der Waals surface area contributed by atoms with Gasteiger partial charge < -0.3 is 10.4 Å². The zero-order chi connectivity index (χ0) is 15.2. The lowest BCUT2D eigenvalue weighted by molar-refractivity contribution is 0.174. The van der Waals surface area contributed by atoms with Crippen molar-refractivity contribution < 1.29 is 5.11 Å². The van der Waals surface area contributed by atoms with Gasteiger partial charge in [0.05, 0.1) is 10.4 Å². The number of hydrogen-bond donors (Lipinski definition) is 2. The van der Waals surface area contributed by atoms with Gasteiger partial charge in [0.1, 0.15) is 0 Å². The summed E-state index contributed by atoms with van der Waals surface area (Å²) < 4.78 is 0.799. The Bertz CT molecular complexity index is 550. The second-order valence-corrected chi connectivity index (χ2v) is 7.49. The summed E-state index contributed by atoms with van der Waals surface area (Å²) in [5, 5.41) is 13.5. The molecule has 0 radical (unpaired) electrons. The number of hydrogen-bond acceptors (Lipinski definition) is 3. The van der Waals surface area contributed by atoms with E-state index < -0.39 is 6.10 Å². The molecule has 1 atom stereocenters. The smallest absolute Gasteiger partial charge is 0.0931 e. The lowest BCUT2D eigenvalue weighted by Crippen LogP contribution is -2.20. The maximum atomic E-state index is 10.2. The first-order valence-corrected chi connectivity index (χ1v) is 8.46. The molecule has 0 fully saturated rings. The zero-order valence-electron chi connectivity index (χ0n) is 12.5. The van der Waals surface area contributed by atoms with E-state index in [-0.39, 0.29) is 0 Å². The van der Waals surface area contributed by atoms with Crippen LogP contribution in [0.25, 0.3) is 0 Å². The Hall–Kier alpha value is -0.870. The second-order valence-electron chi connectivity index (χ2n) is 5.69. The minimum absolute atomic E-state index is 0.478. The highest BCUT2D eigenvalue weighted by Crippen LogP contribution is 2.21. The van der Waals surface area contributed by atoms with Gasteiger partial charge in [-0.2, -0.15) is 0 Å². The molecule has 114 valence electrons. The number of thiophene rings is 1. The van der Waals surface area contributed by atoms with Gasteiger partial charge in [-0.25, -0.2) is 0 Å². The van der Waals surface area contributed by atoms with Crippen molar-refractivity contribution in [1.29, 1.82) is 0 Å². The number of benzene rings is 1. The lowest BCUT2D eigenvalue weighted by Gasteiger charge is -2.13. The molecule has 1 aromatic carbocycles. The van der Waals surface area contributed by atoms with Gasteiger partial charge in [0.15, 0.2) is 0 Å². The predicted octanol–water partition coefficient (Wildman–Crippen LogP) is 4.42. The molecule has 0 aliphatic carbocycles. The van der Waals surface area contributed by atoms with Crippen LogP contribution < -0.4 is 5.32 Å². The summed E-state index contributed by atoms with van der Waals surface area (Å²) in [6.07, 6.45) is 0.599. The van der Waals surface area contributed by atoms with Crippen molar-refractivity contribution >= 4 is 22.9 Å². The minimum Gasteiger partial charge on any atom is -0.387 e.